The topological polar surface area (TPSA) is 137 Å². The van der Waals surface area contributed by atoms with Crippen LogP contribution in [0.25, 0.3) is 0 Å². The fourth-order valence-corrected chi connectivity index (χ4v) is 4.14. The maximum atomic E-state index is 13.2. The molecule has 9 nitrogen and oxygen atoms in total. The first-order valence-electron chi connectivity index (χ1n) is 10.3. The van der Waals surface area contributed by atoms with Crippen molar-refractivity contribution < 1.29 is 19.1 Å². The van der Waals surface area contributed by atoms with Crippen molar-refractivity contribution in [2.45, 2.75) is 45.7 Å². The van der Waals surface area contributed by atoms with E-state index in [9.17, 15) is 24.3 Å². The van der Waals surface area contributed by atoms with Crippen LogP contribution in [0.1, 0.15) is 50.0 Å². The third-order valence-corrected chi connectivity index (χ3v) is 5.56. The number of primary amides is 1. The van der Waals surface area contributed by atoms with Gasteiger partial charge in [0, 0.05) is 18.4 Å². The SMILES string of the molecule is CC(C)(C)CC1C(C#N)C(n2cc(C(N)=O)c(Nc3ccc(F)cc3)n2)CCN1C(=O)O. The molecule has 1 aromatic carbocycles. The molecule has 1 aliphatic rings. The molecule has 1 saturated heterocycles. The van der Waals surface area contributed by atoms with Crippen LogP contribution in [0.4, 0.5) is 20.7 Å². The summed E-state index contributed by atoms with van der Waals surface area (Å²) >= 11 is 0. The number of hydrogen-bond donors (Lipinski definition) is 3. The predicted molar refractivity (Wildman–Crippen MR) is 116 cm³/mol. The summed E-state index contributed by atoms with van der Waals surface area (Å²) in [4.78, 5) is 25.2. The Morgan fingerprint density at radius 1 is 1.34 bits per heavy atom. The number of nitrogens with zero attached hydrogens (tertiary/aromatic N) is 4. The Balaban J connectivity index is 1.96. The van der Waals surface area contributed by atoms with Crippen LogP contribution >= 0.6 is 0 Å². The number of carboxylic acid groups (broad SMARTS) is 1. The highest BCUT2D eigenvalue weighted by molar-refractivity contribution is 5.98. The number of carbonyl (C=O) groups excluding carboxylic acids is 1. The Labute approximate surface area is 185 Å². The number of benzene rings is 1. The molecule has 3 rings (SSSR count). The first-order valence-corrected chi connectivity index (χ1v) is 10.3. The van der Waals surface area contributed by atoms with Crippen molar-refractivity contribution in [2.75, 3.05) is 11.9 Å². The molecule has 3 atom stereocenters. The zero-order valence-electron chi connectivity index (χ0n) is 18.2. The lowest BCUT2D eigenvalue weighted by molar-refractivity contribution is 0.0481. The van der Waals surface area contributed by atoms with Gasteiger partial charge in [-0.15, -0.1) is 0 Å². The molecule has 10 heteroatoms. The van der Waals surface area contributed by atoms with Gasteiger partial charge in [-0.05, 0) is 42.5 Å². The van der Waals surface area contributed by atoms with Gasteiger partial charge in [0.25, 0.3) is 5.91 Å². The molecule has 32 heavy (non-hydrogen) atoms. The fourth-order valence-electron chi connectivity index (χ4n) is 4.14. The maximum Gasteiger partial charge on any atom is 0.407 e. The van der Waals surface area contributed by atoms with Crippen molar-refractivity contribution in [3.63, 3.8) is 0 Å². The number of amides is 2. The van der Waals surface area contributed by atoms with Gasteiger partial charge in [-0.2, -0.15) is 10.4 Å². The Bertz CT molecular complexity index is 1040. The highest BCUT2D eigenvalue weighted by Crippen LogP contribution is 2.39. The normalized spacial score (nSPS) is 21.1. The predicted octanol–water partition coefficient (Wildman–Crippen LogP) is 3.73. The van der Waals surface area contributed by atoms with Gasteiger partial charge in [0.2, 0.25) is 0 Å². The second-order valence-electron chi connectivity index (χ2n) is 9.19. The van der Waals surface area contributed by atoms with E-state index in [4.69, 9.17) is 5.73 Å². The van der Waals surface area contributed by atoms with E-state index in [1.54, 1.807) is 0 Å². The average molecular weight is 442 g/mol. The molecule has 0 spiro atoms. The van der Waals surface area contributed by atoms with E-state index in [-0.39, 0.29) is 23.3 Å². The Morgan fingerprint density at radius 3 is 2.53 bits per heavy atom. The van der Waals surface area contributed by atoms with Crippen LogP contribution in [0.2, 0.25) is 0 Å². The van der Waals surface area contributed by atoms with Crippen molar-refractivity contribution in [2.24, 2.45) is 17.1 Å². The number of nitrogens with two attached hydrogens (primary N) is 1. The van der Waals surface area contributed by atoms with Gasteiger partial charge in [0.15, 0.2) is 5.82 Å². The van der Waals surface area contributed by atoms with Crippen LogP contribution in [-0.2, 0) is 0 Å². The molecule has 2 heterocycles. The minimum Gasteiger partial charge on any atom is -0.465 e. The molecule has 2 aromatic rings. The van der Waals surface area contributed by atoms with Gasteiger partial charge >= 0.3 is 6.09 Å². The molecule has 0 bridgehead atoms. The Morgan fingerprint density at radius 2 is 2.00 bits per heavy atom. The van der Waals surface area contributed by atoms with E-state index < -0.39 is 35.8 Å². The third-order valence-electron chi connectivity index (χ3n) is 5.56. The molecule has 0 aliphatic carbocycles. The molecule has 4 N–H and O–H groups in total. The summed E-state index contributed by atoms with van der Waals surface area (Å²) in [5.74, 6) is -1.58. The van der Waals surface area contributed by atoms with Crippen molar-refractivity contribution in [3.05, 3.63) is 41.8 Å². The Hall–Kier alpha value is -3.61. The van der Waals surface area contributed by atoms with Crippen LogP contribution in [0, 0.1) is 28.5 Å². The molecule has 1 aromatic heterocycles. The van der Waals surface area contributed by atoms with Crippen LogP contribution in [0.5, 0.6) is 0 Å². The van der Waals surface area contributed by atoms with Gasteiger partial charge < -0.3 is 21.1 Å². The highest BCUT2D eigenvalue weighted by Gasteiger charge is 2.43. The number of nitriles is 1. The second-order valence-corrected chi connectivity index (χ2v) is 9.19. The summed E-state index contributed by atoms with van der Waals surface area (Å²) in [7, 11) is 0. The molecule has 1 fully saturated rings. The molecule has 2 amide bonds. The van der Waals surface area contributed by atoms with Crippen molar-refractivity contribution in [1.29, 1.82) is 5.26 Å². The zero-order chi connectivity index (χ0) is 23.6. The van der Waals surface area contributed by atoms with Crippen LogP contribution in [0.15, 0.2) is 30.5 Å². The number of likely N-dealkylation sites (tertiary alicyclic amines) is 1. The highest BCUT2D eigenvalue weighted by atomic mass is 19.1. The smallest absolute Gasteiger partial charge is 0.407 e. The molecule has 0 radical (unpaired) electrons. The number of carbonyl (C=O) groups is 2. The molecule has 1 aliphatic heterocycles. The monoisotopic (exact) mass is 442 g/mol. The summed E-state index contributed by atoms with van der Waals surface area (Å²) < 4.78 is 14.7. The van der Waals surface area contributed by atoms with Crippen molar-refractivity contribution >= 4 is 23.5 Å². The third kappa shape index (κ3) is 4.99. The molecule has 3 unspecified atom stereocenters. The molecule has 0 saturated carbocycles. The van der Waals surface area contributed by atoms with E-state index in [1.165, 1.54) is 40.0 Å². The van der Waals surface area contributed by atoms with E-state index in [1.807, 2.05) is 20.8 Å². The van der Waals surface area contributed by atoms with Crippen LogP contribution in [0.3, 0.4) is 0 Å². The lowest BCUT2D eigenvalue weighted by Crippen LogP contribution is -2.52. The van der Waals surface area contributed by atoms with Gasteiger partial charge in [-0.25, -0.2) is 9.18 Å². The zero-order valence-corrected chi connectivity index (χ0v) is 18.2. The largest absolute Gasteiger partial charge is 0.465 e. The molecule has 170 valence electrons. The molecular formula is C22H27FN6O3. The minimum atomic E-state index is -1.06. The number of aromatic nitrogens is 2. The summed E-state index contributed by atoms with van der Waals surface area (Å²) in [6.45, 7) is 6.23. The standard InChI is InChI=1S/C22H27FN6O3/c1-22(2,3)10-18-15(11-24)17(8-9-28(18)21(31)32)29-12-16(19(25)30)20(27-29)26-14-6-4-13(23)5-7-14/h4-7,12,15,17-18H,8-10H2,1-3H3,(H2,25,30)(H,26,27)(H,31,32). The number of nitrogens with one attached hydrogen (secondary N) is 1. The van der Waals surface area contributed by atoms with E-state index in [0.717, 1.165) is 0 Å². The minimum absolute atomic E-state index is 0.124. The van der Waals surface area contributed by atoms with Gasteiger partial charge in [0.05, 0.1) is 24.1 Å². The van der Waals surface area contributed by atoms with Crippen molar-refractivity contribution in [1.82, 2.24) is 14.7 Å². The molecular weight excluding hydrogens is 415 g/mol. The van der Waals surface area contributed by atoms with E-state index in [2.05, 4.69) is 16.5 Å². The van der Waals surface area contributed by atoms with E-state index in [0.29, 0.717) is 18.5 Å². The van der Waals surface area contributed by atoms with Gasteiger partial charge in [0.1, 0.15) is 11.4 Å². The summed E-state index contributed by atoms with van der Waals surface area (Å²) in [6, 6.07) is 6.86. The van der Waals surface area contributed by atoms with E-state index >= 15 is 0 Å². The van der Waals surface area contributed by atoms with Crippen LogP contribution in [-0.4, -0.2) is 44.4 Å². The van der Waals surface area contributed by atoms with Gasteiger partial charge in [-0.3, -0.25) is 9.48 Å². The number of anilines is 2. The number of halogens is 1. The Kier molecular flexibility index (Phi) is 6.39. The average Bonchev–Trinajstić information content (AvgIpc) is 3.12. The maximum absolute atomic E-state index is 13.2. The summed E-state index contributed by atoms with van der Waals surface area (Å²) in [6.07, 6.45) is 1.28. The number of rotatable bonds is 5. The number of hydrogen-bond acceptors (Lipinski definition) is 5. The summed E-state index contributed by atoms with van der Waals surface area (Å²) in [5.41, 5.74) is 5.97. The quantitative estimate of drug-likeness (QED) is 0.645. The number of piperidine rings is 1. The summed E-state index contributed by atoms with van der Waals surface area (Å²) in [5, 5.41) is 27.1. The lowest BCUT2D eigenvalue weighted by atomic mass is 9.77. The first kappa shape index (κ1) is 23.1. The van der Waals surface area contributed by atoms with Crippen LogP contribution < -0.4 is 11.1 Å². The second kappa shape index (κ2) is 8.86. The van der Waals surface area contributed by atoms with Gasteiger partial charge in [-0.1, -0.05) is 20.8 Å². The van der Waals surface area contributed by atoms with Crippen molar-refractivity contribution in [3.8, 4) is 6.07 Å². The fraction of sp³-hybridized carbons (Fsp3) is 0.455. The lowest BCUT2D eigenvalue weighted by Gasteiger charge is -2.43. The first-order chi connectivity index (χ1) is 15.0.